The lowest BCUT2D eigenvalue weighted by Gasteiger charge is -2.18. The van der Waals surface area contributed by atoms with Crippen LogP contribution in [0.2, 0.25) is 0 Å². The third kappa shape index (κ3) is 67.0. The summed E-state index contributed by atoms with van der Waals surface area (Å²) >= 11 is 0. The molecule has 0 saturated carbocycles. The van der Waals surface area contributed by atoms with Crippen LogP contribution in [0.15, 0.2) is 97.2 Å². The lowest BCUT2D eigenvalue weighted by Crippen LogP contribution is -2.30. The van der Waals surface area contributed by atoms with E-state index in [0.717, 1.165) is 96.3 Å². The lowest BCUT2D eigenvalue weighted by molar-refractivity contribution is -0.167. The van der Waals surface area contributed by atoms with E-state index in [9.17, 15) is 14.4 Å². The molecule has 1 atom stereocenters. The van der Waals surface area contributed by atoms with Gasteiger partial charge in [0.1, 0.15) is 13.2 Å². The first-order valence-electron chi connectivity index (χ1n) is 34.7. The summed E-state index contributed by atoms with van der Waals surface area (Å²) < 4.78 is 16.9. The molecule has 0 aromatic carbocycles. The summed E-state index contributed by atoms with van der Waals surface area (Å²) in [6, 6.07) is 0. The molecule has 0 spiro atoms. The van der Waals surface area contributed by atoms with Gasteiger partial charge in [-0.25, -0.2) is 0 Å². The van der Waals surface area contributed by atoms with Crippen LogP contribution in [0.5, 0.6) is 0 Å². The fourth-order valence-electron chi connectivity index (χ4n) is 9.85. The van der Waals surface area contributed by atoms with Crippen molar-refractivity contribution in [1.29, 1.82) is 0 Å². The highest BCUT2D eigenvalue weighted by Crippen LogP contribution is 2.17. The van der Waals surface area contributed by atoms with Gasteiger partial charge in [-0.3, -0.25) is 14.4 Å². The van der Waals surface area contributed by atoms with Crippen molar-refractivity contribution in [1.82, 2.24) is 0 Å². The Labute approximate surface area is 502 Å². The van der Waals surface area contributed by atoms with Crippen LogP contribution < -0.4 is 0 Å². The quantitative estimate of drug-likeness (QED) is 0.0261. The van der Waals surface area contributed by atoms with E-state index in [1.54, 1.807) is 0 Å². The number of hydrogen-bond donors (Lipinski definition) is 0. The van der Waals surface area contributed by atoms with Crippen LogP contribution >= 0.6 is 0 Å². The maximum absolute atomic E-state index is 12.9. The standard InChI is InChI=1S/C75H130O6/c1-4-7-10-13-16-19-22-25-28-30-32-33-34-35-36-37-38-39-40-41-43-44-47-50-53-56-59-62-65-68-74(77)80-71-72(70-79-73(76)67-64-61-58-55-52-49-46-27-24-21-18-15-12-9-6-3)81-75(78)69-66-63-60-57-54-51-48-45-42-31-29-26-23-20-17-14-11-8-5-2/h9,12,17-18,20-22,25-27,29-30,32,46,52,55,72H,4-8,10-11,13-16,19,23-24,28,31,33-45,47-51,53-54,56-71H2,1-3H3/b12-9-,20-17-,21-18-,25-22-,29-26-,32-30-,46-27-,55-52-. The minimum Gasteiger partial charge on any atom is -0.462 e. The Morgan fingerprint density at radius 3 is 0.802 bits per heavy atom. The molecule has 0 saturated heterocycles. The summed E-state index contributed by atoms with van der Waals surface area (Å²) in [4.78, 5) is 38.4. The molecular formula is C75H130O6. The molecule has 0 amide bonds. The summed E-state index contributed by atoms with van der Waals surface area (Å²) in [6.45, 7) is 6.49. The van der Waals surface area contributed by atoms with Gasteiger partial charge >= 0.3 is 17.9 Å². The maximum atomic E-state index is 12.9. The molecule has 0 aromatic heterocycles. The van der Waals surface area contributed by atoms with Crippen LogP contribution in [0.25, 0.3) is 0 Å². The zero-order valence-electron chi connectivity index (χ0n) is 53.5. The van der Waals surface area contributed by atoms with Crippen LogP contribution in [0.3, 0.4) is 0 Å². The number of ether oxygens (including phenoxy) is 3. The van der Waals surface area contributed by atoms with Crippen LogP contribution in [-0.4, -0.2) is 37.2 Å². The molecule has 466 valence electrons. The van der Waals surface area contributed by atoms with Gasteiger partial charge < -0.3 is 14.2 Å². The number of carbonyl (C=O) groups excluding carboxylic acids is 3. The predicted molar refractivity (Wildman–Crippen MR) is 353 cm³/mol. The molecule has 81 heavy (non-hydrogen) atoms. The second kappa shape index (κ2) is 68.8. The van der Waals surface area contributed by atoms with Gasteiger partial charge in [0.15, 0.2) is 6.10 Å². The summed E-state index contributed by atoms with van der Waals surface area (Å²) in [5.74, 6) is -0.924. The predicted octanol–water partition coefficient (Wildman–Crippen LogP) is 24.0. The lowest BCUT2D eigenvalue weighted by atomic mass is 10.0. The number of allylic oxidation sites excluding steroid dienone is 16. The molecule has 0 aliphatic heterocycles. The van der Waals surface area contributed by atoms with Gasteiger partial charge in [0.2, 0.25) is 0 Å². The molecule has 0 rings (SSSR count). The first-order valence-corrected chi connectivity index (χ1v) is 34.7. The highest BCUT2D eigenvalue weighted by atomic mass is 16.6. The second-order valence-electron chi connectivity index (χ2n) is 23.1. The summed E-state index contributed by atoms with van der Waals surface area (Å²) in [6.07, 6.45) is 92.9. The van der Waals surface area contributed by atoms with Crippen molar-refractivity contribution in [3.8, 4) is 0 Å². The van der Waals surface area contributed by atoms with Crippen LogP contribution in [0.1, 0.15) is 342 Å². The highest BCUT2D eigenvalue weighted by Gasteiger charge is 2.19. The number of rotatable bonds is 63. The van der Waals surface area contributed by atoms with E-state index in [-0.39, 0.29) is 31.1 Å². The zero-order chi connectivity index (χ0) is 58.5. The van der Waals surface area contributed by atoms with Crippen LogP contribution in [-0.2, 0) is 28.6 Å². The first-order chi connectivity index (χ1) is 40.0. The molecule has 0 fully saturated rings. The van der Waals surface area contributed by atoms with Crippen molar-refractivity contribution in [2.45, 2.75) is 348 Å². The fourth-order valence-corrected chi connectivity index (χ4v) is 9.85. The minimum absolute atomic E-state index is 0.0905. The summed E-state index contributed by atoms with van der Waals surface area (Å²) in [5, 5.41) is 0. The Morgan fingerprint density at radius 2 is 0.481 bits per heavy atom. The molecule has 0 aliphatic carbocycles. The Bertz CT molecular complexity index is 1580. The van der Waals surface area contributed by atoms with Crippen molar-refractivity contribution in [3.63, 3.8) is 0 Å². The van der Waals surface area contributed by atoms with Crippen molar-refractivity contribution in [2.24, 2.45) is 0 Å². The van der Waals surface area contributed by atoms with E-state index in [0.29, 0.717) is 19.3 Å². The molecule has 0 aliphatic rings. The Balaban J connectivity index is 4.29. The Kier molecular flexibility index (Phi) is 65.7. The number of carbonyl (C=O) groups is 3. The van der Waals surface area contributed by atoms with E-state index in [1.807, 2.05) is 0 Å². The monoisotopic (exact) mass is 1130 g/mol. The molecule has 0 heterocycles. The maximum Gasteiger partial charge on any atom is 0.306 e. The van der Waals surface area contributed by atoms with E-state index < -0.39 is 6.10 Å². The van der Waals surface area contributed by atoms with Gasteiger partial charge in [0.05, 0.1) is 0 Å². The van der Waals surface area contributed by atoms with Gasteiger partial charge in [0.25, 0.3) is 0 Å². The van der Waals surface area contributed by atoms with Crippen LogP contribution in [0, 0.1) is 0 Å². The molecule has 6 nitrogen and oxygen atoms in total. The largest absolute Gasteiger partial charge is 0.462 e. The number of hydrogen-bond acceptors (Lipinski definition) is 6. The van der Waals surface area contributed by atoms with Gasteiger partial charge in [0, 0.05) is 19.3 Å². The topological polar surface area (TPSA) is 78.9 Å². The van der Waals surface area contributed by atoms with Gasteiger partial charge in [-0.05, 0) is 122 Å². The number of esters is 3. The normalized spacial score (nSPS) is 12.7. The molecule has 0 bridgehead atoms. The van der Waals surface area contributed by atoms with E-state index in [4.69, 9.17) is 14.2 Å². The van der Waals surface area contributed by atoms with Crippen molar-refractivity contribution < 1.29 is 28.6 Å². The number of unbranched alkanes of at least 4 members (excludes halogenated alkanes) is 36. The van der Waals surface area contributed by atoms with Crippen molar-refractivity contribution in [3.05, 3.63) is 97.2 Å². The van der Waals surface area contributed by atoms with Crippen molar-refractivity contribution >= 4 is 17.9 Å². The van der Waals surface area contributed by atoms with Gasteiger partial charge in [-0.15, -0.1) is 0 Å². The van der Waals surface area contributed by atoms with Crippen LogP contribution in [0.4, 0.5) is 0 Å². The van der Waals surface area contributed by atoms with Crippen molar-refractivity contribution in [2.75, 3.05) is 13.2 Å². The molecule has 0 N–H and O–H groups in total. The fraction of sp³-hybridized carbons (Fsp3) is 0.747. The van der Waals surface area contributed by atoms with Gasteiger partial charge in [-0.2, -0.15) is 0 Å². The molecule has 6 heteroatoms. The first kappa shape index (κ1) is 77.3. The third-order valence-corrected chi connectivity index (χ3v) is 15.0. The highest BCUT2D eigenvalue weighted by molar-refractivity contribution is 5.71. The van der Waals surface area contributed by atoms with E-state index in [1.165, 1.54) is 205 Å². The molecule has 0 radical (unpaired) electrons. The molecule has 0 aromatic rings. The second-order valence-corrected chi connectivity index (χ2v) is 23.1. The summed E-state index contributed by atoms with van der Waals surface area (Å²) in [5.41, 5.74) is 0. The average molecular weight is 1130 g/mol. The molecular weight excluding hydrogens is 997 g/mol. The SMILES string of the molecule is CC/C=C\C/C=C\C/C=C\C/C=C\CCCCC(=O)OCC(COC(=O)CCCCCCCCCCCCCCCCCCC/C=C\C/C=C\CCCCCCC)OC(=O)CCCCCCCCCCC/C=C\C/C=C\CCCCC. The van der Waals surface area contributed by atoms with E-state index >= 15 is 0 Å². The Hall–Kier alpha value is -3.67. The Morgan fingerprint density at radius 1 is 0.259 bits per heavy atom. The molecule has 1 unspecified atom stereocenters. The smallest absolute Gasteiger partial charge is 0.306 e. The van der Waals surface area contributed by atoms with Gasteiger partial charge in [-0.1, -0.05) is 298 Å². The zero-order valence-corrected chi connectivity index (χ0v) is 53.5. The minimum atomic E-state index is -0.798. The summed E-state index contributed by atoms with van der Waals surface area (Å²) in [7, 11) is 0. The van der Waals surface area contributed by atoms with E-state index in [2.05, 4.69) is 118 Å². The average Bonchev–Trinajstić information content (AvgIpc) is 3.47. The third-order valence-electron chi connectivity index (χ3n) is 15.0.